The topological polar surface area (TPSA) is 48.1 Å². The summed E-state index contributed by atoms with van der Waals surface area (Å²) in [6.45, 7) is 9.05. The first-order valence-corrected chi connectivity index (χ1v) is 6.81. The van der Waals surface area contributed by atoms with E-state index in [4.69, 9.17) is 10.5 Å². The molecular formula is C17H22N2O. The lowest BCUT2D eigenvalue weighted by Gasteiger charge is -2.23. The Hall–Kier alpha value is -2.03. The number of aryl methyl sites for hydroxylation is 1. The van der Waals surface area contributed by atoms with Gasteiger partial charge in [-0.25, -0.2) is 4.98 Å². The van der Waals surface area contributed by atoms with Gasteiger partial charge in [0.15, 0.2) is 0 Å². The van der Waals surface area contributed by atoms with Crippen molar-refractivity contribution in [1.29, 1.82) is 0 Å². The maximum atomic E-state index is 5.97. The summed E-state index contributed by atoms with van der Waals surface area (Å²) in [7, 11) is 0. The fraction of sp³-hybridized carbons (Fsp3) is 0.353. The lowest BCUT2D eigenvalue weighted by atomic mass is 9.86. The Morgan fingerprint density at radius 3 is 2.55 bits per heavy atom. The van der Waals surface area contributed by atoms with Gasteiger partial charge < -0.3 is 10.5 Å². The van der Waals surface area contributed by atoms with E-state index >= 15 is 0 Å². The molecule has 0 atom stereocenters. The van der Waals surface area contributed by atoms with Crippen LogP contribution in [0.15, 0.2) is 36.4 Å². The molecule has 3 heteroatoms. The summed E-state index contributed by atoms with van der Waals surface area (Å²) >= 11 is 0. The number of nitrogens with two attached hydrogens (primary N) is 1. The minimum absolute atomic E-state index is 0.0478. The van der Waals surface area contributed by atoms with Crippen molar-refractivity contribution >= 4 is 5.82 Å². The number of nitrogens with zero attached hydrogens (tertiary/aromatic N) is 1. The van der Waals surface area contributed by atoms with Crippen molar-refractivity contribution in [3.05, 3.63) is 53.2 Å². The normalized spacial score (nSPS) is 11.4. The van der Waals surface area contributed by atoms with Crippen LogP contribution in [0.4, 0.5) is 5.82 Å². The van der Waals surface area contributed by atoms with Crippen LogP contribution in [0.5, 0.6) is 5.75 Å². The van der Waals surface area contributed by atoms with Crippen LogP contribution in [0.2, 0.25) is 0 Å². The highest BCUT2D eigenvalue weighted by Crippen LogP contribution is 2.32. The van der Waals surface area contributed by atoms with E-state index in [-0.39, 0.29) is 5.41 Å². The van der Waals surface area contributed by atoms with E-state index in [0.29, 0.717) is 12.4 Å². The minimum Gasteiger partial charge on any atom is -0.487 e. The van der Waals surface area contributed by atoms with Crippen molar-refractivity contribution < 1.29 is 4.74 Å². The lowest BCUT2D eigenvalue weighted by Crippen LogP contribution is -2.14. The van der Waals surface area contributed by atoms with Crippen LogP contribution in [-0.4, -0.2) is 4.98 Å². The number of hydrogen-bond acceptors (Lipinski definition) is 3. The Kier molecular flexibility index (Phi) is 3.98. The first-order valence-electron chi connectivity index (χ1n) is 6.81. The average Bonchev–Trinajstić information content (AvgIpc) is 2.35. The molecule has 0 bridgehead atoms. The van der Waals surface area contributed by atoms with E-state index in [2.05, 4.69) is 50.9 Å². The first kappa shape index (κ1) is 14.4. The van der Waals surface area contributed by atoms with Crippen molar-refractivity contribution in [3.63, 3.8) is 0 Å². The third kappa shape index (κ3) is 3.50. The Morgan fingerprint density at radius 1 is 1.15 bits per heavy atom. The number of anilines is 1. The van der Waals surface area contributed by atoms with Gasteiger partial charge in [0, 0.05) is 0 Å². The smallest absolute Gasteiger partial charge is 0.130 e. The monoisotopic (exact) mass is 270 g/mol. The largest absolute Gasteiger partial charge is 0.487 e. The van der Waals surface area contributed by atoms with Crippen LogP contribution < -0.4 is 10.5 Å². The van der Waals surface area contributed by atoms with Crippen LogP contribution >= 0.6 is 0 Å². The fourth-order valence-corrected chi connectivity index (χ4v) is 2.10. The first-order chi connectivity index (χ1) is 9.36. The molecule has 106 valence electrons. The highest BCUT2D eigenvalue weighted by molar-refractivity contribution is 5.41. The van der Waals surface area contributed by atoms with Crippen LogP contribution in [0.3, 0.4) is 0 Å². The molecule has 0 fully saturated rings. The number of aromatic nitrogens is 1. The molecule has 2 N–H and O–H groups in total. The zero-order valence-corrected chi connectivity index (χ0v) is 12.6. The van der Waals surface area contributed by atoms with Crippen molar-refractivity contribution in [2.24, 2.45) is 0 Å². The number of hydrogen-bond donors (Lipinski definition) is 1. The van der Waals surface area contributed by atoms with Gasteiger partial charge in [-0.1, -0.05) is 39.0 Å². The summed E-state index contributed by atoms with van der Waals surface area (Å²) in [4.78, 5) is 4.26. The number of ether oxygens (including phenoxy) is 1. The molecule has 1 heterocycles. The van der Waals surface area contributed by atoms with Crippen LogP contribution in [-0.2, 0) is 12.0 Å². The Labute approximate surface area is 120 Å². The second kappa shape index (κ2) is 5.53. The zero-order chi connectivity index (χ0) is 14.8. The Balaban J connectivity index is 2.22. The van der Waals surface area contributed by atoms with Crippen LogP contribution in [0.25, 0.3) is 0 Å². The maximum Gasteiger partial charge on any atom is 0.130 e. The second-order valence-electron chi connectivity index (χ2n) is 6.09. The molecule has 0 aliphatic carbocycles. The van der Waals surface area contributed by atoms with Gasteiger partial charge in [0.05, 0.1) is 5.69 Å². The van der Waals surface area contributed by atoms with E-state index < -0.39 is 0 Å². The third-order valence-electron chi connectivity index (χ3n) is 3.15. The van der Waals surface area contributed by atoms with Gasteiger partial charge in [0.1, 0.15) is 18.2 Å². The molecule has 0 unspecified atom stereocenters. The highest BCUT2D eigenvalue weighted by atomic mass is 16.5. The van der Waals surface area contributed by atoms with E-state index in [9.17, 15) is 0 Å². The van der Waals surface area contributed by atoms with Gasteiger partial charge in [-0.15, -0.1) is 0 Å². The van der Waals surface area contributed by atoms with Crippen molar-refractivity contribution in [1.82, 2.24) is 4.98 Å². The second-order valence-corrected chi connectivity index (χ2v) is 6.09. The molecule has 3 nitrogen and oxygen atoms in total. The number of nitrogen functional groups attached to an aromatic ring is 1. The summed E-state index contributed by atoms with van der Waals surface area (Å²) in [6, 6.07) is 11.9. The summed E-state index contributed by atoms with van der Waals surface area (Å²) in [5.41, 5.74) is 8.96. The van der Waals surface area contributed by atoms with Gasteiger partial charge in [0.2, 0.25) is 0 Å². The van der Waals surface area contributed by atoms with Gasteiger partial charge in [-0.3, -0.25) is 0 Å². The number of benzene rings is 1. The van der Waals surface area contributed by atoms with E-state index in [0.717, 1.165) is 11.4 Å². The molecule has 20 heavy (non-hydrogen) atoms. The maximum absolute atomic E-state index is 5.97. The average molecular weight is 270 g/mol. The number of rotatable bonds is 3. The molecule has 0 saturated heterocycles. The van der Waals surface area contributed by atoms with Crippen LogP contribution in [0, 0.1) is 6.92 Å². The SMILES string of the molecule is Cc1ccc(C(C)(C)C)c(OCc2cccc(N)n2)c1. The van der Waals surface area contributed by atoms with E-state index in [1.807, 2.05) is 12.1 Å². The molecule has 0 aliphatic rings. The van der Waals surface area contributed by atoms with E-state index in [1.54, 1.807) is 6.07 Å². The molecule has 0 amide bonds. The summed E-state index contributed by atoms with van der Waals surface area (Å²) in [6.07, 6.45) is 0. The fourth-order valence-electron chi connectivity index (χ4n) is 2.10. The predicted molar refractivity (Wildman–Crippen MR) is 82.9 cm³/mol. The number of pyridine rings is 1. The van der Waals surface area contributed by atoms with Crippen molar-refractivity contribution in [2.45, 2.75) is 39.7 Å². The molecule has 0 aliphatic heterocycles. The summed E-state index contributed by atoms with van der Waals surface area (Å²) in [5.74, 6) is 1.44. The molecule has 1 aromatic heterocycles. The van der Waals surface area contributed by atoms with Gasteiger partial charge in [-0.2, -0.15) is 0 Å². The van der Waals surface area contributed by atoms with Gasteiger partial charge in [-0.05, 0) is 41.7 Å². The Bertz CT molecular complexity index is 600. The van der Waals surface area contributed by atoms with Crippen LogP contribution in [0.1, 0.15) is 37.6 Å². The molecule has 2 aromatic rings. The van der Waals surface area contributed by atoms with Gasteiger partial charge >= 0.3 is 0 Å². The predicted octanol–water partition coefficient (Wildman–Crippen LogP) is 3.85. The summed E-state index contributed by atoms with van der Waals surface area (Å²) in [5, 5.41) is 0. The molecule has 1 aromatic carbocycles. The van der Waals surface area contributed by atoms with E-state index in [1.165, 1.54) is 11.1 Å². The molecule has 2 rings (SSSR count). The Morgan fingerprint density at radius 2 is 1.90 bits per heavy atom. The molecular weight excluding hydrogens is 248 g/mol. The standard InChI is InChI=1S/C17H22N2O/c1-12-8-9-14(17(2,3)4)15(10-12)20-11-13-6-5-7-16(18)19-13/h5-10H,11H2,1-4H3,(H2,18,19). The highest BCUT2D eigenvalue weighted by Gasteiger charge is 2.19. The van der Waals surface area contributed by atoms with Gasteiger partial charge in [0.25, 0.3) is 0 Å². The molecule has 0 spiro atoms. The quantitative estimate of drug-likeness (QED) is 0.921. The van der Waals surface area contributed by atoms with Crippen molar-refractivity contribution in [3.8, 4) is 5.75 Å². The third-order valence-corrected chi connectivity index (χ3v) is 3.15. The minimum atomic E-state index is 0.0478. The molecule has 0 radical (unpaired) electrons. The van der Waals surface area contributed by atoms with Crippen molar-refractivity contribution in [2.75, 3.05) is 5.73 Å². The molecule has 0 saturated carbocycles. The zero-order valence-electron chi connectivity index (χ0n) is 12.6. The summed E-state index contributed by atoms with van der Waals surface area (Å²) < 4.78 is 5.97. The lowest BCUT2D eigenvalue weighted by molar-refractivity contribution is 0.293.